The van der Waals surface area contributed by atoms with Gasteiger partial charge in [-0.15, -0.1) is 0 Å². The first-order valence-corrected chi connectivity index (χ1v) is 8.18. The number of pyridine rings is 1. The number of anilines is 2. The zero-order valence-electron chi connectivity index (χ0n) is 13.8. The summed E-state index contributed by atoms with van der Waals surface area (Å²) in [5, 5.41) is 14.3. The summed E-state index contributed by atoms with van der Waals surface area (Å²) in [6.07, 6.45) is 3.27. The van der Waals surface area contributed by atoms with E-state index in [2.05, 4.69) is 19.9 Å². The predicted molar refractivity (Wildman–Crippen MR) is 92.8 cm³/mol. The SMILES string of the molecule is O=[N+]([O-])c1cccnc1NC1CCCN(c2ccc(OC(F)F)cc2)C1. The highest BCUT2D eigenvalue weighted by Crippen LogP contribution is 2.27. The lowest BCUT2D eigenvalue weighted by Crippen LogP contribution is -2.42. The minimum absolute atomic E-state index is 0.00524. The fourth-order valence-corrected chi connectivity index (χ4v) is 3.02. The number of benzene rings is 1. The van der Waals surface area contributed by atoms with Crippen molar-refractivity contribution >= 4 is 17.2 Å². The van der Waals surface area contributed by atoms with Crippen LogP contribution in [0.1, 0.15) is 12.8 Å². The average molecular weight is 364 g/mol. The Balaban J connectivity index is 1.67. The zero-order chi connectivity index (χ0) is 18.5. The topological polar surface area (TPSA) is 80.5 Å². The highest BCUT2D eigenvalue weighted by Gasteiger charge is 2.23. The van der Waals surface area contributed by atoms with Crippen molar-refractivity contribution in [2.75, 3.05) is 23.3 Å². The molecule has 1 fully saturated rings. The average Bonchev–Trinajstić information content (AvgIpc) is 2.62. The highest BCUT2D eigenvalue weighted by molar-refractivity contribution is 5.56. The summed E-state index contributed by atoms with van der Waals surface area (Å²) in [7, 11) is 0. The van der Waals surface area contributed by atoms with Crippen molar-refractivity contribution in [1.82, 2.24) is 4.98 Å². The van der Waals surface area contributed by atoms with Gasteiger partial charge in [-0.25, -0.2) is 4.98 Å². The molecule has 0 amide bonds. The molecule has 2 heterocycles. The van der Waals surface area contributed by atoms with Crippen molar-refractivity contribution in [2.45, 2.75) is 25.5 Å². The summed E-state index contributed by atoms with van der Waals surface area (Å²) >= 11 is 0. The molecule has 9 heteroatoms. The van der Waals surface area contributed by atoms with Gasteiger partial charge in [0.25, 0.3) is 0 Å². The van der Waals surface area contributed by atoms with Crippen LogP contribution in [0.2, 0.25) is 0 Å². The second-order valence-electron chi connectivity index (χ2n) is 5.93. The number of ether oxygens (including phenoxy) is 1. The first kappa shape index (κ1) is 17.8. The van der Waals surface area contributed by atoms with Crippen LogP contribution in [0.3, 0.4) is 0 Å². The molecule has 1 aliphatic rings. The van der Waals surface area contributed by atoms with Gasteiger partial charge < -0.3 is 15.0 Å². The summed E-state index contributed by atoms with van der Waals surface area (Å²) in [6, 6.07) is 9.39. The Hall–Kier alpha value is -2.97. The lowest BCUT2D eigenvalue weighted by atomic mass is 10.0. The van der Waals surface area contributed by atoms with Gasteiger partial charge in [0.1, 0.15) is 5.75 Å². The van der Waals surface area contributed by atoms with Gasteiger partial charge in [-0.2, -0.15) is 8.78 Å². The van der Waals surface area contributed by atoms with Crippen LogP contribution in [0.15, 0.2) is 42.6 Å². The quantitative estimate of drug-likeness (QED) is 0.622. The van der Waals surface area contributed by atoms with Crippen LogP contribution >= 0.6 is 0 Å². The molecule has 0 spiro atoms. The minimum Gasteiger partial charge on any atom is -0.435 e. The van der Waals surface area contributed by atoms with Gasteiger partial charge in [0.15, 0.2) is 0 Å². The van der Waals surface area contributed by atoms with Crippen molar-refractivity contribution in [3.8, 4) is 5.75 Å². The Labute approximate surface area is 148 Å². The van der Waals surface area contributed by atoms with E-state index in [4.69, 9.17) is 0 Å². The summed E-state index contributed by atoms with van der Waals surface area (Å²) in [6.45, 7) is -1.40. The van der Waals surface area contributed by atoms with Gasteiger partial charge in [0, 0.05) is 37.1 Å². The summed E-state index contributed by atoms with van der Waals surface area (Å²) in [5.74, 6) is 0.365. The second-order valence-corrected chi connectivity index (χ2v) is 5.93. The number of rotatable bonds is 6. The highest BCUT2D eigenvalue weighted by atomic mass is 19.3. The normalized spacial score (nSPS) is 17.2. The molecule has 0 saturated carbocycles. The fraction of sp³-hybridized carbons (Fsp3) is 0.353. The molecule has 3 rings (SSSR count). The molecule has 1 atom stereocenters. The number of hydrogen-bond donors (Lipinski definition) is 1. The molecule has 1 N–H and O–H groups in total. The van der Waals surface area contributed by atoms with Crippen LogP contribution < -0.4 is 15.0 Å². The van der Waals surface area contributed by atoms with Crippen LogP contribution in [0.5, 0.6) is 5.75 Å². The summed E-state index contributed by atoms with van der Waals surface area (Å²) in [5.41, 5.74) is 0.826. The molecule has 1 unspecified atom stereocenters. The summed E-state index contributed by atoms with van der Waals surface area (Å²) < 4.78 is 28.8. The second kappa shape index (κ2) is 7.94. The third-order valence-electron chi connectivity index (χ3n) is 4.17. The van der Waals surface area contributed by atoms with E-state index in [9.17, 15) is 18.9 Å². The predicted octanol–water partition coefficient (Wildman–Crippen LogP) is 3.67. The maximum atomic E-state index is 12.2. The van der Waals surface area contributed by atoms with E-state index in [1.54, 1.807) is 12.1 Å². The molecule has 26 heavy (non-hydrogen) atoms. The van der Waals surface area contributed by atoms with Crippen molar-refractivity contribution < 1.29 is 18.4 Å². The first-order chi connectivity index (χ1) is 12.5. The number of nitrogens with zero attached hydrogens (tertiary/aromatic N) is 3. The molecule has 7 nitrogen and oxygen atoms in total. The van der Waals surface area contributed by atoms with E-state index >= 15 is 0 Å². The Kier molecular flexibility index (Phi) is 5.45. The molecule has 0 aliphatic carbocycles. The molecule has 1 aromatic heterocycles. The van der Waals surface area contributed by atoms with Gasteiger partial charge in [0.05, 0.1) is 4.92 Å². The third kappa shape index (κ3) is 4.35. The number of nitrogens with one attached hydrogen (secondary N) is 1. The number of alkyl halides is 2. The smallest absolute Gasteiger partial charge is 0.387 e. The lowest BCUT2D eigenvalue weighted by molar-refractivity contribution is -0.384. The Bertz CT molecular complexity index is 758. The number of halogens is 2. The van der Waals surface area contributed by atoms with Gasteiger partial charge in [-0.3, -0.25) is 10.1 Å². The maximum absolute atomic E-state index is 12.2. The van der Waals surface area contributed by atoms with Crippen LogP contribution in [-0.2, 0) is 0 Å². The van der Waals surface area contributed by atoms with Crippen molar-refractivity contribution in [3.05, 3.63) is 52.7 Å². The standard InChI is InChI=1S/C17H18F2N4O3/c18-17(19)26-14-7-5-13(6-8-14)22-10-2-3-12(11-22)21-16-15(23(24)25)4-1-9-20-16/h1,4-9,12,17H,2-3,10-11H2,(H,20,21). The van der Waals surface area contributed by atoms with E-state index in [0.717, 1.165) is 25.1 Å². The van der Waals surface area contributed by atoms with Crippen LogP contribution in [0, 0.1) is 10.1 Å². The molecule has 2 aromatic rings. The maximum Gasteiger partial charge on any atom is 0.387 e. The molecule has 1 aliphatic heterocycles. The van der Waals surface area contributed by atoms with Gasteiger partial charge in [-0.05, 0) is 43.2 Å². The molecule has 0 bridgehead atoms. The molecular weight excluding hydrogens is 346 g/mol. The van der Waals surface area contributed by atoms with Crippen molar-refractivity contribution in [2.24, 2.45) is 0 Å². The van der Waals surface area contributed by atoms with Gasteiger partial charge in [0.2, 0.25) is 5.82 Å². The number of piperidine rings is 1. The number of hydrogen-bond acceptors (Lipinski definition) is 6. The molecule has 1 aromatic carbocycles. The van der Waals surface area contributed by atoms with E-state index < -0.39 is 11.5 Å². The van der Waals surface area contributed by atoms with E-state index in [1.807, 2.05) is 0 Å². The monoisotopic (exact) mass is 364 g/mol. The van der Waals surface area contributed by atoms with E-state index in [-0.39, 0.29) is 23.3 Å². The van der Waals surface area contributed by atoms with Gasteiger partial charge >= 0.3 is 12.3 Å². The minimum atomic E-state index is -2.85. The van der Waals surface area contributed by atoms with E-state index in [0.29, 0.717) is 6.54 Å². The Morgan fingerprint density at radius 2 is 2.08 bits per heavy atom. The van der Waals surface area contributed by atoms with Crippen molar-refractivity contribution in [1.29, 1.82) is 0 Å². The molecular formula is C17H18F2N4O3. The van der Waals surface area contributed by atoms with Crippen LogP contribution in [-0.4, -0.2) is 35.7 Å². The number of nitro groups is 1. The largest absolute Gasteiger partial charge is 0.435 e. The first-order valence-electron chi connectivity index (χ1n) is 8.18. The summed E-state index contributed by atoms with van der Waals surface area (Å²) in [4.78, 5) is 16.8. The Morgan fingerprint density at radius 1 is 1.31 bits per heavy atom. The van der Waals surface area contributed by atoms with E-state index in [1.165, 1.54) is 30.5 Å². The van der Waals surface area contributed by atoms with Crippen LogP contribution in [0.25, 0.3) is 0 Å². The third-order valence-corrected chi connectivity index (χ3v) is 4.17. The molecule has 1 saturated heterocycles. The van der Waals surface area contributed by atoms with Crippen molar-refractivity contribution in [3.63, 3.8) is 0 Å². The van der Waals surface area contributed by atoms with Crippen LogP contribution in [0.4, 0.5) is 26.0 Å². The molecule has 138 valence electrons. The molecule has 0 radical (unpaired) electrons. The lowest BCUT2D eigenvalue weighted by Gasteiger charge is -2.35. The fourth-order valence-electron chi connectivity index (χ4n) is 3.02. The van der Waals surface area contributed by atoms with Gasteiger partial charge in [-0.1, -0.05) is 0 Å². The Morgan fingerprint density at radius 3 is 2.77 bits per heavy atom. The zero-order valence-corrected chi connectivity index (χ0v) is 13.8. The number of aromatic nitrogens is 1.